The second kappa shape index (κ2) is 9.02. The molecule has 3 heterocycles. The van der Waals surface area contributed by atoms with E-state index in [0.29, 0.717) is 36.2 Å². The first-order chi connectivity index (χ1) is 16.0. The number of rotatable bonds is 7. The van der Waals surface area contributed by atoms with Crippen molar-refractivity contribution in [1.29, 1.82) is 0 Å². The minimum Gasteiger partial charge on any atom is -0.350 e. The van der Waals surface area contributed by atoms with Crippen LogP contribution in [0.2, 0.25) is 5.02 Å². The van der Waals surface area contributed by atoms with E-state index in [1.165, 1.54) is 30.3 Å². The van der Waals surface area contributed by atoms with Crippen LogP contribution in [0, 0.1) is 11.8 Å². The van der Waals surface area contributed by atoms with E-state index in [2.05, 4.69) is 20.8 Å². The van der Waals surface area contributed by atoms with E-state index < -0.39 is 11.6 Å². The van der Waals surface area contributed by atoms with Gasteiger partial charge in [-0.25, -0.2) is 4.68 Å². The van der Waals surface area contributed by atoms with Gasteiger partial charge in [0.25, 0.3) is 0 Å². The van der Waals surface area contributed by atoms with Gasteiger partial charge in [-0.15, -0.1) is 5.10 Å². The van der Waals surface area contributed by atoms with Crippen molar-refractivity contribution < 1.29 is 9.59 Å². The lowest BCUT2D eigenvalue weighted by Crippen LogP contribution is -2.61. The SMILES string of the molecule is N[C@H](CC1CCCCC1)C(=O)N1CC2CC1(C(=O)NCc1cc(Cl)ccc1-n1cnnn1)C2. The van der Waals surface area contributed by atoms with Crippen molar-refractivity contribution >= 4 is 23.4 Å². The van der Waals surface area contributed by atoms with Gasteiger partial charge in [-0.2, -0.15) is 0 Å². The van der Waals surface area contributed by atoms with Crippen LogP contribution in [0.5, 0.6) is 0 Å². The van der Waals surface area contributed by atoms with Crippen molar-refractivity contribution in [3.63, 3.8) is 0 Å². The fourth-order valence-electron chi connectivity index (χ4n) is 5.90. The molecule has 10 heteroatoms. The summed E-state index contributed by atoms with van der Waals surface area (Å²) >= 11 is 6.19. The van der Waals surface area contributed by atoms with Crippen molar-refractivity contribution in [3.8, 4) is 5.69 Å². The van der Waals surface area contributed by atoms with E-state index >= 15 is 0 Å². The van der Waals surface area contributed by atoms with E-state index in [0.717, 1.165) is 30.5 Å². The molecule has 4 fully saturated rings. The van der Waals surface area contributed by atoms with Gasteiger partial charge in [-0.1, -0.05) is 43.7 Å². The van der Waals surface area contributed by atoms with Crippen LogP contribution in [-0.4, -0.2) is 55.0 Å². The van der Waals surface area contributed by atoms with Crippen molar-refractivity contribution in [2.45, 2.75) is 69.5 Å². The zero-order valence-corrected chi connectivity index (χ0v) is 19.4. The number of benzene rings is 1. The molecule has 2 aliphatic carbocycles. The summed E-state index contributed by atoms with van der Waals surface area (Å²) in [6.45, 7) is 0.884. The van der Waals surface area contributed by atoms with Crippen molar-refractivity contribution in [1.82, 2.24) is 30.4 Å². The second-order valence-corrected chi connectivity index (χ2v) is 10.2. The van der Waals surface area contributed by atoms with Gasteiger partial charge >= 0.3 is 0 Å². The Morgan fingerprint density at radius 1 is 1.24 bits per heavy atom. The first-order valence-corrected chi connectivity index (χ1v) is 12.2. The molecule has 0 unspecified atom stereocenters. The van der Waals surface area contributed by atoms with Crippen LogP contribution in [0.1, 0.15) is 56.9 Å². The smallest absolute Gasteiger partial charge is 0.246 e. The lowest BCUT2D eigenvalue weighted by molar-refractivity contribution is -0.147. The molecule has 0 spiro atoms. The van der Waals surface area contributed by atoms with Crippen LogP contribution in [0.3, 0.4) is 0 Å². The number of nitrogens with two attached hydrogens (primary N) is 1. The summed E-state index contributed by atoms with van der Waals surface area (Å²) in [5.41, 5.74) is 7.12. The molecule has 4 aliphatic rings. The topological polar surface area (TPSA) is 119 Å². The molecule has 176 valence electrons. The van der Waals surface area contributed by atoms with Crippen LogP contribution in [0.25, 0.3) is 5.69 Å². The van der Waals surface area contributed by atoms with E-state index in [9.17, 15) is 9.59 Å². The number of hydrogen-bond acceptors (Lipinski definition) is 6. The van der Waals surface area contributed by atoms with E-state index in [4.69, 9.17) is 17.3 Å². The number of amides is 2. The Morgan fingerprint density at radius 3 is 2.76 bits per heavy atom. The maximum absolute atomic E-state index is 13.4. The molecule has 0 radical (unpaired) electrons. The standard InChI is InChI=1S/C23H30ClN7O2/c24-18-6-7-20(31-14-27-28-29-31)17(9-18)12-26-22(33)23-10-16(11-23)13-30(23)21(32)19(25)8-15-4-2-1-3-5-15/h6-7,9,14-16,19H,1-5,8,10-13,25H2,(H,26,33)/t16?,19-,23?/m1/s1. The molecular formula is C23H30ClN7O2. The number of carbonyl (C=O) groups excluding carboxylic acids is 2. The Balaban J connectivity index is 1.26. The molecule has 1 aromatic carbocycles. The summed E-state index contributed by atoms with van der Waals surface area (Å²) in [6.07, 6.45) is 9.64. The zero-order valence-electron chi connectivity index (χ0n) is 18.6. The predicted molar refractivity (Wildman–Crippen MR) is 122 cm³/mol. The average Bonchev–Trinajstić information content (AvgIpc) is 3.53. The van der Waals surface area contributed by atoms with Crippen LogP contribution in [0.15, 0.2) is 24.5 Å². The third-order valence-electron chi connectivity index (χ3n) is 7.60. The summed E-state index contributed by atoms with van der Waals surface area (Å²) in [6, 6.07) is 4.83. The summed E-state index contributed by atoms with van der Waals surface area (Å²) in [4.78, 5) is 28.4. The maximum Gasteiger partial charge on any atom is 0.246 e. The van der Waals surface area contributed by atoms with E-state index in [1.54, 1.807) is 17.0 Å². The highest BCUT2D eigenvalue weighted by atomic mass is 35.5. The highest BCUT2D eigenvalue weighted by Crippen LogP contribution is 2.51. The molecule has 2 saturated heterocycles. The zero-order chi connectivity index (χ0) is 23.0. The van der Waals surface area contributed by atoms with Crippen molar-refractivity contribution in [3.05, 3.63) is 35.1 Å². The molecule has 2 amide bonds. The fraction of sp³-hybridized carbons (Fsp3) is 0.609. The number of tetrazole rings is 1. The Labute approximate surface area is 198 Å². The van der Waals surface area contributed by atoms with Crippen LogP contribution < -0.4 is 11.1 Å². The molecule has 3 N–H and O–H groups in total. The van der Waals surface area contributed by atoms with Crippen molar-refractivity contribution in [2.24, 2.45) is 17.6 Å². The summed E-state index contributed by atoms with van der Waals surface area (Å²) in [5.74, 6) is 0.696. The Morgan fingerprint density at radius 2 is 2.03 bits per heavy atom. The van der Waals surface area contributed by atoms with Crippen molar-refractivity contribution in [2.75, 3.05) is 6.54 Å². The summed E-state index contributed by atoms with van der Waals surface area (Å²) < 4.78 is 1.53. The molecule has 1 atom stereocenters. The van der Waals surface area contributed by atoms with Crippen LogP contribution >= 0.6 is 11.6 Å². The monoisotopic (exact) mass is 471 g/mol. The average molecular weight is 472 g/mol. The molecule has 1 aromatic heterocycles. The number of nitrogens with one attached hydrogen (secondary N) is 1. The minimum atomic E-state index is -0.778. The Bertz CT molecular complexity index is 1020. The summed E-state index contributed by atoms with van der Waals surface area (Å²) in [5, 5.41) is 14.9. The van der Waals surface area contributed by atoms with E-state index in [-0.39, 0.29) is 18.4 Å². The predicted octanol–water partition coefficient (Wildman–Crippen LogP) is 2.22. The highest BCUT2D eigenvalue weighted by Gasteiger charge is 2.62. The third-order valence-corrected chi connectivity index (χ3v) is 7.84. The normalized spacial score (nSPS) is 25.5. The third kappa shape index (κ3) is 4.24. The van der Waals surface area contributed by atoms with Crippen LogP contribution in [0.4, 0.5) is 0 Å². The molecular weight excluding hydrogens is 442 g/mol. The maximum atomic E-state index is 13.4. The summed E-state index contributed by atoms with van der Waals surface area (Å²) in [7, 11) is 0. The molecule has 33 heavy (non-hydrogen) atoms. The van der Waals surface area contributed by atoms with Gasteiger partial charge in [0.1, 0.15) is 11.9 Å². The number of hydrogen-bond donors (Lipinski definition) is 2. The molecule has 2 bridgehead atoms. The molecule has 2 saturated carbocycles. The van der Waals surface area contributed by atoms with Gasteiger partial charge in [-0.05, 0) is 65.3 Å². The number of aromatic nitrogens is 4. The van der Waals surface area contributed by atoms with Gasteiger partial charge in [0.2, 0.25) is 11.8 Å². The fourth-order valence-corrected chi connectivity index (χ4v) is 6.10. The quantitative estimate of drug-likeness (QED) is 0.639. The Hall–Kier alpha value is -2.52. The highest BCUT2D eigenvalue weighted by molar-refractivity contribution is 6.30. The van der Waals surface area contributed by atoms with Gasteiger partial charge < -0.3 is 16.0 Å². The lowest BCUT2D eigenvalue weighted by Gasteiger charge is -2.41. The first-order valence-electron chi connectivity index (χ1n) is 11.8. The van der Waals surface area contributed by atoms with Gasteiger partial charge in [0.05, 0.1) is 11.7 Å². The largest absolute Gasteiger partial charge is 0.350 e. The number of halogens is 1. The molecule has 2 aliphatic heterocycles. The number of carbonyl (C=O) groups is 2. The molecule has 2 aromatic rings. The van der Waals surface area contributed by atoms with Gasteiger partial charge in [0.15, 0.2) is 0 Å². The number of fused-ring (bicyclic) bond motifs is 1. The van der Waals surface area contributed by atoms with Crippen LogP contribution in [-0.2, 0) is 16.1 Å². The molecule has 6 rings (SSSR count). The first kappa shape index (κ1) is 22.3. The number of nitrogens with zero attached hydrogens (tertiary/aromatic N) is 5. The second-order valence-electron chi connectivity index (χ2n) is 9.81. The van der Waals surface area contributed by atoms with E-state index in [1.807, 2.05) is 6.07 Å². The lowest BCUT2D eigenvalue weighted by atomic mass is 9.72. The van der Waals surface area contributed by atoms with Gasteiger partial charge in [0, 0.05) is 18.1 Å². The van der Waals surface area contributed by atoms with Gasteiger partial charge in [-0.3, -0.25) is 9.59 Å². The Kier molecular flexibility index (Phi) is 6.09. The minimum absolute atomic E-state index is 0.0761. The molecule has 9 nitrogen and oxygen atoms in total.